The van der Waals surface area contributed by atoms with E-state index in [1.807, 2.05) is 23.1 Å². The minimum absolute atomic E-state index is 0.0194. The maximum Gasteiger partial charge on any atom is 0.517 e. The fourth-order valence-electron chi connectivity index (χ4n) is 4.74. The molecule has 0 aliphatic carbocycles. The molecular formula is C22H30N4O5. The Morgan fingerprint density at radius 3 is 2.74 bits per heavy atom. The molecule has 0 saturated carbocycles. The van der Waals surface area contributed by atoms with Gasteiger partial charge >= 0.3 is 6.09 Å². The summed E-state index contributed by atoms with van der Waals surface area (Å²) in [5, 5.41) is 19.8. The number of hydrogen-bond acceptors (Lipinski definition) is 7. The highest BCUT2D eigenvalue weighted by Crippen LogP contribution is 2.38. The van der Waals surface area contributed by atoms with Crippen molar-refractivity contribution in [1.29, 1.82) is 0 Å². The zero-order valence-corrected chi connectivity index (χ0v) is 18.3. The summed E-state index contributed by atoms with van der Waals surface area (Å²) >= 11 is 0. The van der Waals surface area contributed by atoms with Crippen molar-refractivity contribution < 1.29 is 23.8 Å². The average molecular weight is 431 g/mol. The summed E-state index contributed by atoms with van der Waals surface area (Å²) in [4.78, 5) is 39.1. The maximum absolute atomic E-state index is 14.1. The Kier molecular flexibility index (Phi) is 5.63. The largest absolute Gasteiger partial charge is 0.622 e. The lowest BCUT2D eigenvalue weighted by molar-refractivity contribution is -0.847. The van der Waals surface area contributed by atoms with Crippen LogP contribution in [-0.2, 0) is 27.4 Å². The Morgan fingerprint density at radius 2 is 2.03 bits per heavy atom. The molecule has 9 heteroatoms. The molecule has 31 heavy (non-hydrogen) atoms. The third-order valence-corrected chi connectivity index (χ3v) is 6.27. The van der Waals surface area contributed by atoms with Gasteiger partial charge < -0.3 is 15.3 Å². The third-order valence-electron chi connectivity index (χ3n) is 6.27. The van der Waals surface area contributed by atoms with Crippen LogP contribution in [0.2, 0.25) is 0 Å². The molecule has 1 aromatic rings. The van der Waals surface area contributed by atoms with E-state index in [0.29, 0.717) is 13.0 Å². The first-order chi connectivity index (χ1) is 14.6. The van der Waals surface area contributed by atoms with Crippen LogP contribution in [-0.4, -0.2) is 58.7 Å². The number of rotatable bonds is 2. The van der Waals surface area contributed by atoms with Crippen molar-refractivity contribution in [1.82, 2.24) is 15.5 Å². The van der Waals surface area contributed by atoms with Gasteiger partial charge in [-0.15, -0.1) is 0 Å². The number of quaternary nitrogens is 1. The van der Waals surface area contributed by atoms with E-state index in [-0.39, 0.29) is 37.9 Å². The van der Waals surface area contributed by atoms with Crippen LogP contribution in [0.1, 0.15) is 56.3 Å². The molecule has 4 rings (SSSR count). The van der Waals surface area contributed by atoms with E-state index < -0.39 is 28.4 Å². The number of nitrogens with zero attached hydrogens (tertiary/aromatic N) is 2. The molecule has 0 radical (unpaired) electrons. The highest BCUT2D eigenvalue weighted by Gasteiger charge is 2.48. The number of carbonyl (C=O) groups is 3. The molecule has 3 amide bonds. The van der Waals surface area contributed by atoms with Crippen molar-refractivity contribution in [3.8, 4) is 0 Å². The molecule has 2 saturated heterocycles. The molecule has 0 spiro atoms. The molecule has 0 aromatic heterocycles. The van der Waals surface area contributed by atoms with Crippen LogP contribution in [0.3, 0.4) is 0 Å². The summed E-state index contributed by atoms with van der Waals surface area (Å²) in [5.74, 6) is -0.609. The second-order valence-electron chi connectivity index (χ2n) is 9.57. The van der Waals surface area contributed by atoms with Gasteiger partial charge in [0.2, 0.25) is 11.8 Å². The number of nitrogens with one attached hydrogen (secondary N) is 2. The highest BCUT2D eigenvalue weighted by molar-refractivity contribution is 6.00. The van der Waals surface area contributed by atoms with Gasteiger partial charge in [-0.1, -0.05) is 18.2 Å². The van der Waals surface area contributed by atoms with Crippen LogP contribution in [0.25, 0.3) is 0 Å². The molecule has 1 aromatic carbocycles. The third kappa shape index (κ3) is 4.23. The quantitative estimate of drug-likeness (QED) is 0.417. The first-order valence-corrected chi connectivity index (χ1v) is 10.8. The molecular weight excluding hydrogens is 400 g/mol. The summed E-state index contributed by atoms with van der Waals surface area (Å²) in [5.41, 5.74) is 2.20. The lowest BCUT2D eigenvalue weighted by Gasteiger charge is -2.52. The smallest absolute Gasteiger partial charge is 0.517 e. The van der Waals surface area contributed by atoms with E-state index in [1.165, 1.54) is 0 Å². The van der Waals surface area contributed by atoms with Gasteiger partial charge in [0.05, 0.1) is 12.6 Å². The number of hydroxylamine groups is 3. The van der Waals surface area contributed by atoms with E-state index in [0.717, 1.165) is 23.2 Å². The summed E-state index contributed by atoms with van der Waals surface area (Å²) < 4.78 is 4.42. The maximum atomic E-state index is 14.1. The number of ether oxygens (including phenoxy) is 1. The molecule has 3 aliphatic rings. The van der Waals surface area contributed by atoms with Crippen LogP contribution in [0.15, 0.2) is 18.2 Å². The Balaban J connectivity index is 1.69. The van der Waals surface area contributed by atoms with Gasteiger partial charge in [-0.3, -0.25) is 19.8 Å². The summed E-state index contributed by atoms with van der Waals surface area (Å²) in [6.45, 7) is 7.09. The lowest BCUT2D eigenvalue weighted by atomic mass is 9.93. The number of imide groups is 1. The van der Waals surface area contributed by atoms with E-state index >= 15 is 0 Å². The van der Waals surface area contributed by atoms with Crippen LogP contribution in [0, 0.1) is 5.21 Å². The monoisotopic (exact) mass is 430 g/mol. The average Bonchev–Trinajstić information content (AvgIpc) is 3.16. The van der Waals surface area contributed by atoms with Crippen LogP contribution >= 0.6 is 0 Å². The van der Waals surface area contributed by atoms with Crippen molar-refractivity contribution in [2.75, 3.05) is 19.6 Å². The standard InChI is InChI=1S/C22H30N4O5/c1-22(2,3)31-21(29)26(30)10-9-25(17-7-8-19(27)24-20(17)28)13-18(26)15-6-4-5-14-11-23-12-16(14)15/h4-6,17-18,23H,7-13H2,1-3H3,(H,24,27,28)/t17?,18?,26-/m0/s1. The number of piperidine rings is 1. The van der Waals surface area contributed by atoms with Crippen LogP contribution in [0.4, 0.5) is 4.79 Å². The molecule has 2 N–H and O–H groups in total. The van der Waals surface area contributed by atoms with Crippen molar-refractivity contribution in [3.63, 3.8) is 0 Å². The topological polar surface area (TPSA) is 111 Å². The van der Waals surface area contributed by atoms with Gasteiger partial charge in [-0.05, 0) is 38.3 Å². The van der Waals surface area contributed by atoms with Gasteiger partial charge in [0.25, 0.3) is 0 Å². The molecule has 168 valence electrons. The Morgan fingerprint density at radius 1 is 1.26 bits per heavy atom. The molecule has 2 unspecified atom stereocenters. The number of benzene rings is 1. The fraction of sp³-hybridized carbons (Fsp3) is 0.591. The minimum Gasteiger partial charge on any atom is -0.622 e. The second kappa shape index (κ2) is 7.98. The molecule has 9 nitrogen and oxygen atoms in total. The lowest BCUT2D eigenvalue weighted by Crippen LogP contribution is -2.65. The SMILES string of the molecule is CC(C)(C)OC(=O)[N@+]1([O-])CCN(C2CCC(=O)NC2=O)CC1c1cccc2c1CNC2. The van der Waals surface area contributed by atoms with Crippen LogP contribution in [0.5, 0.6) is 0 Å². The first kappa shape index (κ1) is 21.9. The van der Waals surface area contributed by atoms with E-state index in [2.05, 4.69) is 10.6 Å². The van der Waals surface area contributed by atoms with Crippen molar-refractivity contribution >= 4 is 17.9 Å². The van der Waals surface area contributed by atoms with Gasteiger partial charge in [-0.25, -0.2) is 4.65 Å². The Labute approximate surface area is 181 Å². The fourth-order valence-corrected chi connectivity index (χ4v) is 4.74. The molecule has 2 fully saturated rings. The summed E-state index contributed by atoms with van der Waals surface area (Å²) in [6, 6.07) is 4.63. The van der Waals surface area contributed by atoms with Gasteiger partial charge in [0.1, 0.15) is 18.2 Å². The van der Waals surface area contributed by atoms with Gasteiger partial charge in [0.15, 0.2) is 0 Å². The minimum atomic E-state index is -1.11. The number of hydrogen-bond donors (Lipinski definition) is 2. The van der Waals surface area contributed by atoms with E-state index in [4.69, 9.17) is 4.74 Å². The first-order valence-electron chi connectivity index (χ1n) is 10.8. The predicted octanol–water partition coefficient (Wildman–Crippen LogP) is 1.70. The Hall–Kier alpha value is -2.33. The summed E-state index contributed by atoms with van der Waals surface area (Å²) in [6.07, 6.45) is -0.119. The molecule has 3 aliphatic heterocycles. The predicted molar refractivity (Wildman–Crippen MR) is 112 cm³/mol. The summed E-state index contributed by atoms with van der Waals surface area (Å²) in [7, 11) is 0. The van der Waals surface area contributed by atoms with Crippen LogP contribution < -0.4 is 10.6 Å². The Bertz CT molecular complexity index is 912. The number of fused-ring (bicyclic) bond motifs is 1. The number of amides is 3. The zero-order valence-electron chi connectivity index (χ0n) is 18.3. The van der Waals surface area contributed by atoms with Crippen molar-refractivity contribution in [2.24, 2.45) is 0 Å². The van der Waals surface area contributed by atoms with E-state index in [9.17, 15) is 19.6 Å². The van der Waals surface area contributed by atoms with Gasteiger partial charge in [-0.2, -0.15) is 4.79 Å². The second-order valence-corrected chi connectivity index (χ2v) is 9.57. The number of piperazine rings is 1. The molecule has 0 bridgehead atoms. The highest BCUT2D eigenvalue weighted by atomic mass is 16.7. The van der Waals surface area contributed by atoms with E-state index in [1.54, 1.807) is 20.8 Å². The zero-order chi connectivity index (χ0) is 22.4. The van der Waals surface area contributed by atoms with Gasteiger partial charge in [0, 0.05) is 31.6 Å². The molecule has 3 atom stereocenters. The van der Waals surface area contributed by atoms with Crippen molar-refractivity contribution in [2.45, 2.75) is 64.4 Å². The molecule has 3 heterocycles. The van der Waals surface area contributed by atoms with Crippen molar-refractivity contribution in [3.05, 3.63) is 40.1 Å². The number of carbonyl (C=O) groups excluding carboxylic acids is 3. The normalized spacial score (nSPS) is 29.4.